The largest absolute Gasteiger partial charge is 0.507 e. The highest BCUT2D eigenvalue weighted by Gasteiger charge is 2.11. The van der Waals surface area contributed by atoms with Crippen LogP contribution in [0.5, 0.6) is 5.75 Å². The lowest BCUT2D eigenvalue weighted by molar-refractivity contribution is 0.0948. The second-order valence-electron chi connectivity index (χ2n) is 3.94. The second kappa shape index (κ2) is 6.21. The van der Waals surface area contributed by atoms with Gasteiger partial charge < -0.3 is 10.4 Å². The fraction of sp³-hybridized carbons (Fsp3) is 0.0714. The van der Waals surface area contributed by atoms with Crippen molar-refractivity contribution in [1.29, 1.82) is 0 Å². The van der Waals surface area contributed by atoms with Gasteiger partial charge in [-0.05, 0) is 29.8 Å². The van der Waals surface area contributed by atoms with Gasteiger partial charge in [0, 0.05) is 15.5 Å². The van der Waals surface area contributed by atoms with E-state index in [9.17, 15) is 9.90 Å². The smallest absolute Gasteiger partial charge is 0.255 e. The zero-order chi connectivity index (χ0) is 13.8. The molecule has 0 fully saturated rings. The Bertz CT molecular complexity index is 614. The Balaban J connectivity index is 2.08. The number of carbonyl (C=O) groups excluding carboxylic acids is 1. The minimum Gasteiger partial charge on any atom is -0.507 e. The Hall–Kier alpha value is -1.33. The summed E-state index contributed by atoms with van der Waals surface area (Å²) in [5, 5.41) is 12.5. The van der Waals surface area contributed by atoms with Crippen molar-refractivity contribution in [3.63, 3.8) is 0 Å². The minimum absolute atomic E-state index is 0.0426. The van der Waals surface area contributed by atoms with Crippen LogP contribution in [0.2, 0.25) is 0 Å². The summed E-state index contributed by atoms with van der Waals surface area (Å²) in [6.45, 7) is 0.399. The summed E-state index contributed by atoms with van der Waals surface area (Å²) >= 11 is 6.65. The lowest BCUT2D eigenvalue weighted by Crippen LogP contribution is -2.23. The molecule has 0 bridgehead atoms. The lowest BCUT2D eigenvalue weighted by atomic mass is 10.1. The SMILES string of the molecule is O=C(NCc1ccccc1Br)c1ccc(Br)cc1O. The maximum atomic E-state index is 12.0. The van der Waals surface area contributed by atoms with Gasteiger partial charge in [0.05, 0.1) is 5.56 Å². The first-order valence-electron chi connectivity index (χ1n) is 5.58. The normalized spacial score (nSPS) is 10.2. The number of phenols is 1. The van der Waals surface area contributed by atoms with E-state index in [1.165, 1.54) is 6.07 Å². The maximum absolute atomic E-state index is 12.0. The average molecular weight is 385 g/mol. The van der Waals surface area contributed by atoms with Gasteiger partial charge in [-0.15, -0.1) is 0 Å². The molecule has 0 aliphatic carbocycles. The van der Waals surface area contributed by atoms with Crippen molar-refractivity contribution in [3.05, 3.63) is 62.5 Å². The van der Waals surface area contributed by atoms with Gasteiger partial charge in [-0.3, -0.25) is 4.79 Å². The van der Waals surface area contributed by atoms with E-state index in [-0.39, 0.29) is 17.2 Å². The highest BCUT2D eigenvalue weighted by Crippen LogP contribution is 2.22. The number of amides is 1. The molecule has 0 aliphatic rings. The van der Waals surface area contributed by atoms with Gasteiger partial charge in [-0.1, -0.05) is 50.1 Å². The molecule has 0 saturated heterocycles. The topological polar surface area (TPSA) is 49.3 Å². The molecule has 3 nitrogen and oxygen atoms in total. The monoisotopic (exact) mass is 383 g/mol. The first-order valence-corrected chi connectivity index (χ1v) is 7.16. The van der Waals surface area contributed by atoms with E-state index in [1.54, 1.807) is 12.1 Å². The Morgan fingerprint density at radius 3 is 2.58 bits per heavy atom. The Labute approximate surface area is 127 Å². The van der Waals surface area contributed by atoms with Crippen molar-refractivity contribution in [2.75, 3.05) is 0 Å². The molecule has 2 aromatic rings. The molecule has 2 N–H and O–H groups in total. The third kappa shape index (κ3) is 3.58. The van der Waals surface area contributed by atoms with Gasteiger partial charge in [0.1, 0.15) is 5.75 Å². The number of carbonyl (C=O) groups is 1. The lowest BCUT2D eigenvalue weighted by Gasteiger charge is -2.08. The summed E-state index contributed by atoms with van der Waals surface area (Å²) in [6, 6.07) is 12.4. The van der Waals surface area contributed by atoms with Crippen LogP contribution in [0.25, 0.3) is 0 Å². The van der Waals surface area contributed by atoms with E-state index in [0.717, 1.165) is 14.5 Å². The third-order valence-electron chi connectivity index (χ3n) is 2.60. The molecule has 0 spiro atoms. The first kappa shape index (κ1) is 14.1. The second-order valence-corrected chi connectivity index (χ2v) is 5.71. The van der Waals surface area contributed by atoms with Gasteiger partial charge in [0.2, 0.25) is 0 Å². The van der Waals surface area contributed by atoms with E-state index in [2.05, 4.69) is 37.2 Å². The number of benzene rings is 2. The van der Waals surface area contributed by atoms with Gasteiger partial charge in [0.15, 0.2) is 0 Å². The Morgan fingerprint density at radius 2 is 1.89 bits per heavy atom. The summed E-state index contributed by atoms with van der Waals surface area (Å²) in [5.41, 5.74) is 1.24. The van der Waals surface area contributed by atoms with Crippen molar-refractivity contribution in [2.45, 2.75) is 6.54 Å². The summed E-state index contributed by atoms with van der Waals surface area (Å²) in [6.07, 6.45) is 0. The van der Waals surface area contributed by atoms with Crippen LogP contribution in [0.1, 0.15) is 15.9 Å². The zero-order valence-electron chi connectivity index (χ0n) is 9.86. The molecule has 19 heavy (non-hydrogen) atoms. The number of phenolic OH excluding ortho intramolecular Hbond substituents is 1. The highest BCUT2D eigenvalue weighted by molar-refractivity contribution is 9.10. The van der Waals surface area contributed by atoms with Crippen LogP contribution < -0.4 is 5.32 Å². The number of hydrogen-bond acceptors (Lipinski definition) is 2. The van der Waals surface area contributed by atoms with Crippen molar-refractivity contribution in [1.82, 2.24) is 5.32 Å². The fourth-order valence-corrected chi connectivity index (χ4v) is 2.38. The molecule has 5 heteroatoms. The summed E-state index contributed by atoms with van der Waals surface area (Å²) < 4.78 is 1.67. The molecule has 0 heterocycles. The fourth-order valence-electron chi connectivity index (χ4n) is 1.61. The van der Waals surface area contributed by atoms with Gasteiger partial charge in [0.25, 0.3) is 5.91 Å². The molecule has 2 rings (SSSR count). The Kier molecular flexibility index (Phi) is 4.61. The van der Waals surface area contributed by atoms with E-state index in [4.69, 9.17) is 0 Å². The molecule has 0 aliphatic heterocycles. The summed E-state index contributed by atoms with van der Waals surface area (Å²) in [5.74, 6) is -0.347. The average Bonchev–Trinajstić information content (AvgIpc) is 2.37. The quantitative estimate of drug-likeness (QED) is 0.844. The van der Waals surface area contributed by atoms with Crippen LogP contribution in [0.15, 0.2) is 51.4 Å². The van der Waals surface area contributed by atoms with Crippen molar-refractivity contribution >= 4 is 37.8 Å². The van der Waals surface area contributed by atoms with E-state index < -0.39 is 0 Å². The highest BCUT2D eigenvalue weighted by atomic mass is 79.9. The van der Waals surface area contributed by atoms with Crippen LogP contribution >= 0.6 is 31.9 Å². The first-order chi connectivity index (χ1) is 9.08. The minimum atomic E-state index is -0.305. The van der Waals surface area contributed by atoms with Gasteiger partial charge in [-0.2, -0.15) is 0 Å². The molecule has 0 radical (unpaired) electrons. The van der Waals surface area contributed by atoms with Gasteiger partial charge in [-0.25, -0.2) is 0 Å². The number of halogens is 2. The molecular weight excluding hydrogens is 374 g/mol. The molecule has 0 unspecified atom stereocenters. The Morgan fingerprint density at radius 1 is 1.16 bits per heavy atom. The zero-order valence-corrected chi connectivity index (χ0v) is 13.0. The molecule has 1 amide bonds. The standard InChI is InChI=1S/C14H11Br2NO2/c15-10-5-6-11(13(18)7-10)14(19)17-8-9-3-1-2-4-12(9)16/h1-7,18H,8H2,(H,17,19). The van der Waals surface area contributed by atoms with Crippen LogP contribution in [-0.2, 0) is 6.54 Å². The molecule has 0 saturated carbocycles. The van der Waals surface area contributed by atoms with E-state index >= 15 is 0 Å². The van der Waals surface area contributed by atoms with Crippen LogP contribution in [0.3, 0.4) is 0 Å². The molecule has 0 atom stereocenters. The molecule has 98 valence electrons. The van der Waals surface area contributed by atoms with Crippen LogP contribution in [0, 0.1) is 0 Å². The number of rotatable bonds is 3. The van der Waals surface area contributed by atoms with Crippen molar-refractivity contribution in [3.8, 4) is 5.75 Å². The summed E-state index contributed by atoms with van der Waals surface area (Å²) in [4.78, 5) is 12.0. The van der Waals surface area contributed by atoms with Crippen molar-refractivity contribution in [2.24, 2.45) is 0 Å². The predicted molar refractivity (Wildman–Crippen MR) is 81.1 cm³/mol. The number of hydrogen-bond donors (Lipinski definition) is 2. The predicted octanol–water partition coefficient (Wildman–Crippen LogP) is 3.85. The molecule has 2 aromatic carbocycles. The van der Waals surface area contributed by atoms with Crippen molar-refractivity contribution < 1.29 is 9.90 Å². The maximum Gasteiger partial charge on any atom is 0.255 e. The van der Waals surface area contributed by atoms with Gasteiger partial charge >= 0.3 is 0 Å². The number of nitrogens with one attached hydrogen (secondary N) is 1. The van der Waals surface area contributed by atoms with Crippen LogP contribution in [0.4, 0.5) is 0 Å². The third-order valence-corrected chi connectivity index (χ3v) is 3.87. The van der Waals surface area contributed by atoms with E-state index in [0.29, 0.717) is 6.54 Å². The van der Waals surface area contributed by atoms with E-state index in [1.807, 2.05) is 24.3 Å². The summed E-state index contributed by atoms with van der Waals surface area (Å²) in [7, 11) is 0. The molecule has 0 aromatic heterocycles. The number of aromatic hydroxyl groups is 1. The molecular formula is C14H11Br2NO2. The van der Waals surface area contributed by atoms with Crippen LogP contribution in [-0.4, -0.2) is 11.0 Å².